The van der Waals surface area contributed by atoms with E-state index in [1.54, 1.807) is 10.9 Å². The molecule has 1 aromatic carbocycles. The highest BCUT2D eigenvalue weighted by Gasteiger charge is 2.02. The minimum atomic E-state index is 0.101. The molecule has 20 heavy (non-hydrogen) atoms. The van der Waals surface area contributed by atoms with E-state index >= 15 is 0 Å². The number of pyridine rings is 1. The van der Waals surface area contributed by atoms with Gasteiger partial charge in [0.25, 0.3) is 0 Å². The van der Waals surface area contributed by atoms with Gasteiger partial charge in [-0.1, -0.05) is 6.07 Å². The van der Waals surface area contributed by atoms with Crippen LogP contribution in [0.5, 0.6) is 0 Å². The van der Waals surface area contributed by atoms with E-state index < -0.39 is 0 Å². The third-order valence-electron chi connectivity index (χ3n) is 3.14. The summed E-state index contributed by atoms with van der Waals surface area (Å²) >= 11 is 0. The molecule has 3 aromatic rings. The van der Waals surface area contributed by atoms with E-state index in [9.17, 15) is 0 Å². The van der Waals surface area contributed by atoms with E-state index in [0.29, 0.717) is 13.1 Å². The van der Waals surface area contributed by atoms with Crippen LogP contribution in [0.3, 0.4) is 0 Å². The summed E-state index contributed by atoms with van der Waals surface area (Å²) in [5, 5.41) is 17.6. The summed E-state index contributed by atoms with van der Waals surface area (Å²) < 4.78 is 1.74. The Kier molecular flexibility index (Phi) is 3.60. The molecule has 2 heterocycles. The molecule has 0 aliphatic carbocycles. The molecule has 0 unspecified atom stereocenters. The van der Waals surface area contributed by atoms with Crippen LogP contribution in [-0.4, -0.2) is 26.5 Å². The Morgan fingerprint density at radius 3 is 3.05 bits per heavy atom. The summed E-state index contributed by atoms with van der Waals surface area (Å²) in [6, 6.07) is 10.0. The highest BCUT2D eigenvalue weighted by atomic mass is 16.3. The lowest BCUT2D eigenvalue weighted by Crippen LogP contribution is -2.02. The number of benzene rings is 1. The average molecular weight is 268 g/mol. The number of nitrogens with zero attached hydrogens (tertiary/aromatic N) is 3. The van der Waals surface area contributed by atoms with Crippen molar-refractivity contribution in [1.29, 1.82) is 0 Å². The van der Waals surface area contributed by atoms with Crippen LogP contribution in [0.15, 0.2) is 48.9 Å². The van der Waals surface area contributed by atoms with Crippen LogP contribution in [0.25, 0.3) is 10.9 Å². The number of hydrogen-bond acceptors (Lipinski definition) is 4. The highest BCUT2D eigenvalue weighted by molar-refractivity contribution is 5.91. The molecule has 0 radical (unpaired) electrons. The summed E-state index contributed by atoms with van der Waals surface area (Å²) in [5.74, 6) is 0. The molecule has 0 fully saturated rings. The third kappa shape index (κ3) is 2.62. The smallest absolute Gasteiger partial charge is 0.0722 e. The molecule has 0 aliphatic heterocycles. The lowest BCUT2D eigenvalue weighted by Gasteiger charge is -2.08. The maximum atomic E-state index is 8.87. The number of fused-ring (bicyclic) bond motifs is 1. The molecule has 0 bridgehead atoms. The van der Waals surface area contributed by atoms with Crippen LogP contribution >= 0.6 is 0 Å². The molecule has 0 saturated carbocycles. The number of nitrogens with one attached hydrogen (secondary N) is 1. The molecule has 5 nitrogen and oxygen atoms in total. The van der Waals surface area contributed by atoms with Crippen LogP contribution in [0.2, 0.25) is 0 Å². The zero-order chi connectivity index (χ0) is 13.8. The van der Waals surface area contributed by atoms with Gasteiger partial charge >= 0.3 is 0 Å². The quantitative estimate of drug-likeness (QED) is 0.743. The minimum Gasteiger partial charge on any atom is -0.394 e. The number of anilines is 1. The summed E-state index contributed by atoms with van der Waals surface area (Å²) in [6.45, 7) is 1.32. The predicted molar refractivity (Wildman–Crippen MR) is 78.4 cm³/mol. The summed E-state index contributed by atoms with van der Waals surface area (Å²) in [7, 11) is 0. The number of aromatic nitrogens is 3. The number of aliphatic hydroxyl groups excluding tert-OH is 1. The summed E-state index contributed by atoms with van der Waals surface area (Å²) in [4.78, 5) is 4.34. The van der Waals surface area contributed by atoms with E-state index in [-0.39, 0.29) is 6.61 Å². The maximum absolute atomic E-state index is 8.87. The molecule has 5 heteroatoms. The molecule has 102 valence electrons. The fourth-order valence-electron chi connectivity index (χ4n) is 2.18. The van der Waals surface area contributed by atoms with Crippen LogP contribution in [0, 0.1) is 0 Å². The molecule has 2 aromatic heterocycles. The monoisotopic (exact) mass is 268 g/mol. The first-order valence-electron chi connectivity index (χ1n) is 6.56. The first-order chi connectivity index (χ1) is 9.86. The molecular formula is C15H16N4O. The van der Waals surface area contributed by atoms with E-state index in [0.717, 1.165) is 22.2 Å². The van der Waals surface area contributed by atoms with Crippen molar-refractivity contribution in [2.45, 2.75) is 13.1 Å². The van der Waals surface area contributed by atoms with Gasteiger partial charge in [-0.15, -0.1) is 0 Å². The van der Waals surface area contributed by atoms with Gasteiger partial charge < -0.3 is 10.4 Å². The fraction of sp³-hybridized carbons (Fsp3) is 0.200. The fourth-order valence-corrected chi connectivity index (χ4v) is 2.18. The predicted octanol–water partition coefficient (Wildman–Crippen LogP) is 2.04. The second-order valence-electron chi connectivity index (χ2n) is 4.56. The average Bonchev–Trinajstić information content (AvgIpc) is 2.93. The van der Waals surface area contributed by atoms with Crippen molar-refractivity contribution in [3.63, 3.8) is 0 Å². The van der Waals surface area contributed by atoms with Gasteiger partial charge in [0.2, 0.25) is 0 Å². The Balaban J connectivity index is 1.76. The molecule has 3 rings (SSSR count). The Bertz CT molecular complexity index is 702. The SMILES string of the molecule is OCCn1cc(CNc2cccc3ncccc23)cn1. The zero-order valence-corrected chi connectivity index (χ0v) is 11.0. The second kappa shape index (κ2) is 5.71. The van der Waals surface area contributed by atoms with Crippen molar-refractivity contribution in [2.75, 3.05) is 11.9 Å². The van der Waals surface area contributed by atoms with E-state index in [1.165, 1.54) is 0 Å². The van der Waals surface area contributed by atoms with Gasteiger partial charge in [-0.3, -0.25) is 9.67 Å². The van der Waals surface area contributed by atoms with Crippen LogP contribution in [0.1, 0.15) is 5.56 Å². The van der Waals surface area contributed by atoms with Gasteiger partial charge in [-0.25, -0.2) is 0 Å². The second-order valence-corrected chi connectivity index (χ2v) is 4.56. The Hall–Kier alpha value is -2.40. The topological polar surface area (TPSA) is 63.0 Å². The largest absolute Gasteiger partial charge is 0.394 e. The van der Waals surface area contributed by atoms with Gasteiger partial charge in [-0.2, -0.15) is 5.10 Å². The standard InChI is InChI=1S/C15H16N4O/c20-8-7-19-11-12(10-18-19)9-17-15-5-1-4-14-13(15)3-2-6-16-14/h1-6,10-11,17,20H,7-9H2. The van der Waals surface area contributed by atoms with Gasteiger partial charge in [0.1, 0.15) is 0 Å². The zero-order valence-electron chi connectivity index (χ0n) is 11.0. The van der Waals surface area contributed by atoms with Gasteiger partial charge in [0.05, 0.1) is 24.9 Å². The summed E-state index contributed by atoms with van der Waals surface area (Å²) in [6.07, 6.45) is 5.55. The molecule has 0 saturated heterocycles. The molecular weight excluding hydrogens is 252 g/mol. The van der Waals surface area contributed by atoms with Crippen LogP contribution in [-0.2, 0) is 13.1 Å². The molecule has 0 atom stereocenters. The van der Waals surface area contributed by atoms with Gasteiger partial charge in [0, 0.05) is 35.6 Å². The third-order valence-corrected chi connectivity index (χ3v) is 3.14. The number of hydrogen-bond donors (Lipinski definition) is 2. The normalized spacial score (nSPS) is 10.8. The molecule has 0 amide bonds. The first kappa shape index (κ1) is 12.6. The minimum absolute atomic E-state index is 0.101. The maximum Gasteiger partial charge on any atom is 0.0722 e. The van der Waals surface area contributed by atoms with Crippen molar-refractivity contribution in [1.82, 2.24) is 14.8 Å². The van der Waals surface area contributed by atoms with Crippen molar-refractivity contribution in [3.8, 4) is 0 Å². The van der Waals surface area contributed by atoms with Crippen molar-refractivity contribution < 1.29 is 5.11 Å². The molecule has 0 aliphatic rings. The van der Waals surface area contributed by atoms with Crippen molar-refractivity contribution in [3.05, 3.63) is 54.5 Å². The summed E-state index contributed by atoms with van der Waals surface area (Å²) in [5.41, 5.74) is 3.12. The van der Waals surface area contributed by atoms with Gasteiger partial charge in [0.15, 0.2) is 0 Å². The van der Waals surface area contributed by atoms with Crippen LogP contribution < -0.4 is 5.32 Å². The lowest BCUT2D eigenvalue weighted by molar-refractivity contribution is 0.269. The first-order valence-corrected chi connectivity index (χ1v) is 6.56. The van der Waals surface area contributed by atoms with Crippen molar-refractivity contribution in [2.24, 2.45) is 0 Å². The van der Waals surface area contributed by atoms with Gasteiger partial charge in [-0.05, 0) is 24.3 Å². The van der Waals surface area contributed by atoms with E-state index in [4.69, 9.17) is 5.11 Å². The van der Waals surface area contributed by atoms with E-state index in [1.807, 2.05) is 36.7 Å². The van der Waals surface area contributed by atoms with Crippen molar-refractivity contribution >= 4 is 16.6 Å². The highest BCUT2D eigenvalue weighted by Crippen LogP contribution is 2.21. The number of rotatable bonds is 5. The Morgan fingerprint density at radius 2 is 2.15 bits per heavy atom. The lowest BCUT2D eigenvalue weighted by atomic mass is 10.2. The van der Waals surface area contributed by atoms with Crippen LogP contribution in [0.4, 0.5) is 5.69 Å². The molecule has 0 spiro atoms. The van der Waals surface area contributed by atoms with E-state index in [2.05, 4.69) is 21.5 Å². The Labute approximate surface area is 116 Å². The Morgan fingerprint density at radius 1 is 1.20 bits per heavy atom. The molecule has 2 N–H and O–H groups in total. The number of aliphatic hydroxyl groups is 1.